The first kappa shape index (κ1) is 19.8. The maximum Gasteiger partial charge on any atom is 0.269 e. The van der Waals surface area contributed by atoms with Crippen LogP contribution in [-0.4, -0.2) is 51.4 Å². The number of likely N-dealkylation sites (N-methyl/N-ethyl adjacent to an activating group) is 1. The molecular formula is C20H21FN4O3. The van der Waals surface area contributed by atoms with E-state index in [9.17, 15) is 19.4 Å². The lowest BCUT2D eigenvalue weighted by Gasteiger charge is -2.39. The summed E-state index contributed by atoms with van der Waals surface area (Å²) in [5, 5.41) is 20.8. The average molecular weight is 384 g/mol. The van der Waals surface area contributed by atoms with Gasteiger partial charge >= 0.3 is 0 Å². The van der Waals surface area contributed by atoms with Crippen LogP contribution in [0, 0.1) is 17.7 Å². The first-order chi connectivity index (χ1) is 13.2. The zero-order valence-electron chi connectivity index (χ0n) is 15.3. The van der Waals surface area contributed by atoms with Crippen molar-refractivity contribution in [1.82, 2.24) is 9.88 Å². The molecule has 2 aromatic rings. The van der Waals surface area contributed by atoms with Crippen LogP contribution in [0.4, 0.5) is 10.1 Å². The van der Waals surface area contributed by atoms with E-state index in [1.54, 1.807) is 36.2 Å². The zero-order chi connectivity index (χ0) is 20.5. The van der Waals surface area contributed by atoms with E-state index in [1.807, 2.05) is 0 Å². The highest BCUT2D eigenvalue weighted by atomic mass is 19.1. The summed E-state index contributed by atoms with van der Waals surface area (Å²) < 4.78 is 14.3. The number of nitrogens with zero attached hydrogens (tertiary/aromatic N) is 2. The molecule has 0 spiro atoms. The molecule has 0 bridgehead atoms. The first-order valence-corrected chi connectivity index (χ1v) is 8.71. The number of likely N-dealkylation sites (tertiary alicyclic amines) is 1. The second kappa shape index (κ2) is 7.56. The first-order valence-electron chi connectivity index (χ1n) is 8.71. The molecule has 2 heterocycles. The molecule has 0 aliphatic carbocycles. The number of anilines is 1. The molecule has 1 aromatic carbocycles. The third-order valence-corrected chi connectivity index (χ3v) is 4.71. The smallest absolute Gasteiger partial charge is 0.269 e. The Morgan fingerprint density at radius 2 is 2.18 bits per heavy atom. The fourth-order valence-electron chi connectivity index (χ4n) is 3.17. The van der Waals surface area contributed by atoms with Gasteiger partial charge in [-0.05, 0) is 32.0 Å². The van der Waals surface area contributed by atoms with Crippen LogP contribution in [0.5, 0.6) is 0 Å². The normalized spacial score (nSPS) is 22.4. The van der Waals surface area contributed by atoms with Crippen LogP contribution < -0.4 is 11.5 Å². The molecule has 1 aliphatic rings. The van der Waals surface area contributed by atoms with E-state index in [-0.39, 0.29) is 17.1 Å². The Hall–Kier alpha value is -2.99. The van der Waals surface area contributed by atoms with Gasteiger partial charge in [-0.25, -0.2) is 9.37 Å². The molecule has 1 fully saturated rings. The molecule has 1 aromatic heterocycles. The molecule has 7 nitrogen and oxygen atoms in total. The van der Waals surface area contributed by atoms with Gasteiger partial charge in [-0.3, -0.25) is 9.69 Å². The summed E-state index contributed by atoms with van der Waals surface area (Å²) in [6.07, 6.45) is -0.0393. The van der Waals surface area contributed by atoms with E-state index < -0.39 is 23.6 Å². The number of nitrogens with two attached hydrogens (primary N) is 2. The predicted octanol–water partition coefficient (Wildman–Crippen LogP) is 0.695. The number of benzene rings is 1. The van der Waals surface area contributed by atoms with Crippen LogP contribution >= 0.6 is 0 Å². The van der Waals surface area contributed by atoms with Gasteiger partial charge in [0.2, 0.25) is 0 Å². The molecule has 6 N–H and O–H groups in total. The largest absolute Gasteiger partial charge is 0.397 e. The number of pyridine rings is 1. The average Bonchev–Trinajstić information content (AvgIpc) is 2.64. The predicted molar refractivity (Wildman–Crippen MR) is 102 cm³/mol. The number of hydrogen-bond donors (Lipinski definition) is 4. The number of aliphatic hydroxyl groups is 2. The van der Waals surface area contributed by atoms with Crippen molar-refractivity contribution in [3.8, 4) is 23.1 Å². The van der Waals surface area contributed by atoms with Gasteiger partial charge in [-0.15, -0.1) is 0 Å². The van der Waals surface area contributed by atoms with E-state index in [0.29, 0.717) is 30.5 Å². The van der Waals surface area contributed by atoms with Gasteiger partial charge in [0, 0.05) is 23.7 Å². The third kappa shape index (κ3) is 3.82. The summed E-state index contributed by atoms with van der Waals surface area (Å²) >= 11 is 0. The Labute approximate surface area is 161 Å². The van der Waals surface area contributed by atoms with Gasteiger partial charge in [-0.2, -0.15) is 0 Å². The summed E-state index contributed by atoms with van der Waals surface area (Å²) in [7, 11) is 1.71. The van der Waals surface area contributed by atoms with Crippen LogP contribution in [0.2, 0.25) is 0 Å². The number of nitrogen functional groups attached to an aromatic ring is 1. The minimum absolute atomic E-state index is 0.0807. The lowest BCUT2D eigenvalue weighted by molar-refractivity contribution is -0.134. The van der Waals surface area contributed by atoms with Crippen LogP contribution in [-0.2, 0) is 0 Å². The monoisotopic (exact) mass is 384 g/mol. The highest BCUT2D eigenvalue weighted by Gasteiger charge is 2.39. The fourth-order valence-corrected chi connectivity index (χ4v) is 3.17. The molecule has 1 amide bonds. The molecule has 2 atom stereocenters. The standard InChI is InChI=1S/C20H21FN4O3/c1-25-9-3-7-20(28,19(25)27)8-6-12-4-2-5-13(10-12)16-14(21)11-15(22)17(24-16)18(23)26/h2,4-5,10-11,19,27-28H,3,7,9,22H2,1H3,(H2,23,26). The Bertz CT molecular complexity index is 985. The number of primary amides is 1. The van der Waals surface area contributed by atoms with Crippen LogP contribution in [0.3, 0.4) is 0 Å². The number of rotatable bonds is 2. The molecule has 8 heteroatoms. The molecule has 0 saturated carbocycles. The number of piperidine rings is 1. The van der Waals surface area contributed by atoms with Crippen molar-refractivity contribution in [1.29, 1.82) is 0 Å². The topological polar surface area (TPSA) is 126 Å². The SMILES string of the molecule is CN1CCCC(O)(C#Cc2cccc(-c3nc(C(N)=O)c(N)cc3F)c2)C1O. The van der Waals surface area contributed by atoms with Crippen molar-refractivity contribution in [2.24, 2.45) is 5.73 Å². The Morgan fingerprint density at radius 3 is 2.89 bits per heavy atom. The van der Waals surface area contributed by atoms with Crippen molar-refractivity contribution < 1.29 is 19.4 Å². The molecule has 2 unspecified atom stereocenters. The van der Waals surface area contributed by atoms with E-state index in [0.717, 1.165) is 6.07 Å². The minimum Gasteiger partial charge on any atom is -0.397 e. The van der Waals surface area contributed by atoms with Gasteiger partial charge in [0.15, 0.2) is 17.1 Å². The van der Waals surface area contributed by atoms with Crippen molar-refractivity contribution in [2.45, 2.75) is 24.7 Å². The van der Waals surface area contributed by atoms with Crippen molar-refractivity contribution in [3.05, 3.63) is 47.4 Å². The zero-order valence-corrected chi connectivity index (χ0v) is 15.3. The van der Waals surface area contributed by atoms with E-state index in [2.05, 4.69) is 16.8 Å². The van der Waals surface area contributed by atoms with E-state index >= 15 is 0 Å². The van der Waals surface area contributed by atoms with Gasteiger partial charge in [-0.1, -0.05) is 24.0 Å². The number of amides is 1. The second-order valence-corrected chi connectivity index (χ2v) is 6.83. The maximum absolute atomic E-state index is 14.3. The summed E-state index contributed by atoms with van der Waals surface area (Å²) in [5.41, 5.74) is 9.70. The van der Waals surface area contributed by atoms with Crippen LogP contribution in [0.15, 0.2) is 30.3 Å². The summed E-state index contributed by atoms with van der Waals surface area (Å²) in [5.74, 6) is 4.01. The van der Waals surface area contributed by atoms with Gasteiger partial charge in [0.05, 0.1) is 5.69 Å². The van der Waals surface area contributed by atoms with Crippen LogP contribution in [0.1, 0.15) is 28.9 Å². The fraction of sp³-hybridized carbons (Fsp3) is 0.300. The van der Waals surface area contributed by atoms with Crippen molar-refractivity contribution in [3.63, 3.8) is 0 Å². The van der Waals surface area contributed by atoms with Crippen LogP contribution in [0.25, 0.3) is 11.3 Å². The van der Waals surface area contributed by atoms with Crippen molar-refractivity contribution in [2.75, 3.05) is 19.3 Å². The molecule has 3 rings (SSSR count). The van der Waals surface area contributed by atoms with E-state index in [4.69, 9.17) is 11.5 Å². The quantitative estimate of drug-likeness (QED) is 0.565. The molecule has 0 radical (unpaired) electrons. The second-order valence-electron chi connectivity index (χ2n) is 6.83. The minimum atomic E-state index is -1.55. The van der Waals surface area contributed by atoms with Gasteiger partial charge < -0.3 is 21.7 Å². The Morgan fingerprint density at radius 1 is 1.43 bits per heavy atom. The van der Waals surface area contributed by atoms with E-state index in [1.165, 1.54) is 0 Å². The third-order valence-electron chi connectivity index (χ3n) is 4.71. The maximum atomic E-state index is 14.3. The summed E-state index contributed by atoms with van der Waals surface area (Å²) in [4.78, 5) is 17.0. The van der Waals surface area contributed by atoms with Gasteiger partial charge in [0.1, 0.15) is 11.9 Å². The molecule has 1 aliphatic heterocycles. The Balaban J connectivity index is 1.97. The molecule has 146 valence electrons. The number of aliphatic hydroxyl groups excluding tert-OH is 1. The number of carbonyl (C=O) groups is 1. The lowest BCUT2D eigenvalue weighted by Crippen LogP contribution is -2.54. The number of hydrogen-bond acceptors (Lipinski definition) is 6. The highest BCUT2D eigenvalue weighted by Crippen LogP contribution is 2.26. The van der Waals surface area contributed by atoms with Gasteiger partial charge in [0.25, 0.3) is 5.91 Å². The summed E-state index contributed by atoms with van der Waals surface area (Å²) in [6, 6.07) is 7.51. The molecule has 28 heavy (non-hydrogen) atoms. The summed E-state index contributed by atoms with van der Waals surface area (Å²) in [6.45, 7) is 0.672. The number of carbonyl (C=O) groups excluding carboxylic acids is 1. The molecule has 1 saturated heterocycles. The number of halogens is 1. The Kier molecular flexibility index (Phi) is 5.34. The highest BCUT2D eigenvalue weighted by molar-refractivity contribution is 5.96. The van der Waals surface area contributed by atoms with Crippen molar-refractivity contribution >= 4 is 11.6 Å². The molecular weight excluding hydrogens is 363 g/mol. The lowest BCUT2D eigenvalue weighted by atomic mass is 9.91. The number of aromatic nitrogens is 1.